The van der Waals surface area contributed by atoms with Crippen LogP contribution < -0.4 is 0 Å². The molecule has 0 bridgehead atoms. The predicted molar refractivity (Wildman–Crippen MR) is 86.6 cm³/mol. The van der Waals surface area contributed by atoms with Crippen LogP contribution in [0.3, 0.4) is 0 Å². The molecule has 148 valence electrons. The van der Waals surface area contributed by atoms with Gasteiger partial charge in [0.2, 0.25) is 0 Å². The molecule has 0 fully saturated rings. The first-order chi connectivity index (χ1) is 11.7. The quantitative estimate of drug-likeness (QED) is 0.460. The SMILES string of the molecule is CCc1ccc2c(c1)C=C(C(C)C)S2(OS(=O)(=O)C(F)(F)F)C(F)(F)F. The number of halogens is 6. The van der Waals surface area contributed by atoms with Crippen molar-refractivity contribution in [2.45, 2.75) is 43.1 Å². The maximum absolute atomic E-state index is 14.0. The Kier molecular flexibility index (Phi) is 5.23. The van der Waals surface area contributed by atoms with E-state index in [-0.39, 0.29) is 5.56 Å². The van der Waals surface area contributed by atoms with Gasteiger partial charge in [-0.2, -0.15) is 38.4 Å². The van der Waals surface area contributed by atoms with Gasteiger partial charge in [0.25, 0.3) is 0 Å². The predicted octanol–water partition coefficient (Wildman–Crippen LogP) is 5.72. The summed E-state index contributed by atoms with van der Waals surface area (Å²) in [5.41, 5.74) is -10.6. The van der Waals surface area contributed by atoms with Crippen LogP contribution in [0.15, 0.2) is 28.0 Å². The second-order valence-corrected chi connectivity index (χ2v) is 10.3. The molecule has 1 aromatic rings. The normalized spacial score (nSPS) is 23.5. The first-order valence-electron chi connectivity index (χ1n) is 7.44. The third kappa shape index (κ3) is 3.24. The molecule has 3 nitrogen and oxygen atoms in total. The van der Waals surface area contributed by atoms with E-state index < -0.39 is 47.2 Å². The second kappa shape index (κ2) is 6.45. The summed E-state index contributed by atoms with van der Waals surface area (Å²) in [7, 11) is -11.4. The van der Waals surface area contributed by atoms with Crippen molar-refractivity contribution in [3.05, 3.63) is 34.2 Å². The standard InChI is InChI=1S/C15H16F6O3S2/c1-4-10-5-6-12-11(7-10)8-13(9(2)3)25(12,14(16,17)18)24-26(22,23)15(19,20)21/h5-9H,4H2,1-3H3. The van der Waals surface area contributed by atoms with Crippen LogP contribution in [-0.4, -0.2) is 19.4 Å². The van der Waals surface area contributed by atoms with Crippen LogP contribution in [0, 0.1) is 5.92 Å². The average molecular weight is 422 g/mol. The van der Waals surface area contributed by atoms with Crippen LogP contribution >= 0.6 is 10.3 Å². The number of alkyl halides is 6. The summed E-state index contributed by atoms with van der Waals surface area (Å²) >= 11 is 0. The molecule has 0 N–H and O–H groups in total. The summed E-state index contributed by atoms with van der Waals surface area (Å²) in [6.45, 7) is 4.45. The maximum atomic E-state index is 14.0. The molecule has 26 heavy (non-hydrogen) atoms. The zero-order chi connectivity index (χ0) is 20.1. The summed E-state index contributed by atoms with van der Waals surface area (Å²) in [6.07, 6.45) is 1.59. The third-order valence-corrected chi connectivity index (χ3v) is 8.79. The lowest BCUT2D eigenvalue weighted by molar-refractivity contribution is -0.0547. The van der Waals surface area contributed by atoms with Crippen molar-refractivity contribution in [3.63, 3.8) is 0 Å². The van der Waals surface area contributed by atoms with Crippen molar-refractivity contribution >= 4 is 26.5 Å². The lowest BCUT2D eigenvalue weighted by Gasteiger charge is -2.40. The van der Waals surface area contributed by atoms with Gasteiger partial charge in [0.05, 0.1) is 0 Å². The number of allylic oxidation sites excluding steroid dienone is 1. The smallest absolute Gasteiger partial charge is 0.196 e. The molecule has 1 aliphatic heterocycles. The first kappa shape index (κ1) is 21.1. The van der Waals surface area contributed by atoms with E-state index >= 15 is 0 Å². The molecule has 1 aromatic carbocycles. The van der Waals surface area contributed by atoms with Crippen molar-refractivity contribution in [1.29, 1.82) is 0 Å². The number of benzene rings is 1. The number of aryl methyl sites for hydroxylation is 1. The van der Waals surface area contributed by atoms with Crippen molar-refractivity contribution in [3.8, 4) is 0 Å². The largest absolute Gasteiger partial charge is 0.523 e. The summed E-state index contributed by atoms with van der Waals surface area (Å²) < 4.78 is 108. The molecule has 1 atom stereocenters. The van der Waals surface area contributed by atoms with Crippen LogP contribution in [0.1, 0.15) is 31.9 Å². The molecule has 0 aliphatic carbocycles. The molecule has 0 aromatic heterocycles. The minimum Gasteiger partial charge on any atom is -0.196 e. The van der Waals surface area contributed by atoms with Gasteiger partial charge in [-0.25, -0.2) is 0 Å². The van der Waals surface area contributed by atoms with E-state index in [2.05, 4.69) is 3.63 Å². The van der Waals surface area contributed by atoms with Crippen molar-refractivity contribution in [2.75, 3.05) is 0 Å². The number of fused-ring (bicyclic) bond motifs is 1. The molecule has 0 saturated heterocycles. The van der Waals surface area contributed by atoms with E-state index in [1.54, 1.807) is 6.92 Å². The fraction of sp³-hybridized carbons (Fsp3) is 0.467. The number of rotatable bonds is 4. The Morgan fingerprint density at radius 1 is 1.12 bits per heavy atom. The monoisotopic (exact) mass is 422 g/mol. The highest BCUT2D eigenvalue weighted by molar-refractivity contribution is 8.37. The van der Waals surface area contributed by atoms with E-state index in [1.807, 2.05) is 0 Å². The van der Waals surface area contributed by atoms with Crippen LogP contribution in [0.4, 0.5) is 26.3 Å². The van der Waals surface area contributed by atoms with Gasteiger partial charge in [-0.15, -0.1) is 0 Å². The van der Waals surface area contributed by atoms with Crippen LogP contribution in [-0.2, 0) is 20.2 Å². The van der Waals surface area contributed by atoms with Gasteiger partial charge in [0.1, 0.15) is 0 Å². The van der Waals surface area contributed by atoms with Crippen molar-refractivity contribution < 1.29 is 38.4 Å². The van der Waals surface area contributed by atoms with E-state index in [9.17, 15) is 34.8 Å². The van der Waals surface area contributed by atoms with Gasteiger partial charge in [-0.05, 0) is 35.6 Å². The highest BCUT2D eigenvalue weighted by Gasteiger charge is 2.64. The van der Waals surface area contributed by atoms with Crippen LogP contribution in [0.25, 0.3) is 6.08 Å². The Balaban J connectivity index is 2.82. The lowest BCUT2D eigenvalue weighted by Crippen LogP contribution is -2.33. The minimum absolute atomic E-state index is 0.0257. The van der Waals surface area contributed by atoms with E-state index in [0.29, 0.717) is 12.0 Å². The van der Waals surface area contributed by atoms with E-state index in [4.69, 9.17) is 0 Å². The van der Waals surface area contributed by atoms with Gasteiger partial charge >= 0.3 is 21.1 Å². The summed E-state index contributed by atoms with van der Waals surface area (Å²) in [5, 5.41) is 0. The highest BCUT2D eigenvalue weighted by Crippen LogP contribution is 2.79. The Hall–Kier alpha value is -1.20. The van der Waals surface area contributed by atoms with Gasteiger partial charge in [-0.3, -0.25) is 0 Å². The first-order valence-corrected chi connectivity index (χ1v) is 10.4. The number of hydrogen-bond donors (Lipinski definition) is 0. The molecular formula is C15H16F6O3S2. The Labute approximate surface area is 148 Å². The van der Waals surface area contributed by atoms with E-state index in [0.717, 1.165) is 12.1 Å². The summed E-state index contributed by atoms with van der Waals surface area (Å²) in [5.74, 6) is -0.882. The van der Waals surface area contributed by atoms with Gasteiger partial charge in [0, 0.05) is 20.1 Å². The van der Waals surface area contributed by atoms with Gasteiger partial charge in [-0.1, -0.05) is 32.9 Å². The lowest BCUT2D eigenvalue weighted by atomic mass is 10.1. The zero-order valence-electron chi connectivity index (χ0n) is 13.9. The van der Waals surface area contributed by atoms with E-state index in [1.165, 1.54) is 26.0 Å². The molecule has 0 radical (unpaired) electrons. The molecule has 2 rings (SSSR count). The molecule has 0 amide bonds. The molecular weight excluding hydrogens is 406 g/mol. The topological polar surface area (TPSA) is 43.4 Å². The summed E-state index contributed by atoms with van der Waals surface area (Å²) in [4.78, 5) is -1.10. The molecule has 11 heteroatoms. The van der Waals surface area contributed by atoms with Gasteiger partial charge < -0.3 is 0 Å². The van der Waals surface area contributed by atoms with Crippen LogP contribution in [0.2, 0.25) is 0 Å². The molecule has 0 saturated carbocycles. The zero-order valence-corrected chi connectivity index (χ0v) is 15.5. The fourth-order valence-corrected chi connectivity index (χ4v) is 7.34. The van der Waals surface area contributed by atoms with Crippen molar-refractivity contribution in [2.24, 2.45) is 5.92 Å². The highest BCUT2D eigenvalue weighted by atomic mass is 32.3. The van der Waals surface area contributed by atoms with Crippen molar-refractivity contribution in [1.82, 2.24) is 0 Å². The fourth-order valence-electron chi connectivity index (χ4n) is 2.60. The van der Waals surface area contributed by atoms with Crippen LogP contribution in [0.5, 0.6) is 0 Å². The molecule has 1 unspecified atom stereocenters. The molecule has 1 aliphatic rings. The Morgan fingerprint density at radius 3 is 2.12 bits per heavy atom. The minimum atomic E-state index is -6.47. The number of hydrogen-bond acceptors (Lipinski definition) is 3. The third-order valence-electron chi connectivity index (χ3n) is 3.79. The molecule has 0 spiro atoms. The molecule has 1 heterocycles. The summed E-state index contributed by atoms with van der Waals surface area (Å²) in [6, 6.07) is 3.74. The average Bonchev–Trinajstić information content (AvgIpc) is 2.80. The Bertz CT molecular complexity index is 840. The second-order valence-electron chi connectivity index (χ2n) is 5.90. The Morgan fingerprint density at radius 2 is 1.69 bits per heavy atom. The van der Waals surface area contributed by atoms with Gasteiger partial charge in [0.15, 0.2) is 0 Å². The maximum Gasteiger partial charge on any atom is 0.523 e.